The molecule has 0 fully saturated rings. The number of methoxy groups -OCH3 is 1. The maximum atomic E-state index is 13.9. The van der Waals surface area contributed by atoms with Gasteiger partial charge in [0.05, 0.1) is 24.4 Å². The molecule has 0 N–H and O–H groups in total. The number of hydrogen-bond acceptors (Lipinski definition) is 3. The summed E-state index contributed by atoms with van der Waals surface area (Å²) < 4.78 is 33.3. The predicted octanol–water partition coefficient (Wildman–Crippen LogP) is 3.18. The molecular formula is C13H13ClF2N2O2. The van der Waals surface area contributed by atoms with E-state index in [1.165, 1.54) is 17.7 Å². The number of aryl methyl sites for hydroxylation is 1. The largest absolute Gasteiger partial charge is 0.469 e. The Bertz CT molecular complexity index is 655. The Morgan fingerprint density at radius 1 is 1.50 bits per heavy atom. The number of rotatable bonds is 4. The van der Waals surface area contributed by atoms with Crippen molar-refractivity contribution in [1.82, 2.24) is 9.55 Å². The number of aromatic nitrogens is 2. The van der Waals surface area contributed by atoms with E-state index in [-0.39, 0.29) is 18.5 Å². The van der Waals surface area contributed by atoms with Gasteiger partial charge in [-0.1, -0.05) is 0 Å². The first-order chi connectivity index (χ1) is 9.45. The minimum atomic E-state index is -0.997. The molecule has 0 radical (unpaired) electrons. The summed E-state index contributed by atoms with van der Waals surface area (Å²) in [4.78, 5) is 15.4. The molecule has 0 saturated carbocycles. The van der Waals surface area contributed by atoms with Crippen LogP contribution >= 0.6 is 11.6 Å². The summed E-state index contributed by atoms with van der Waals surface area (Å²) in [5.74, 6) is -2.03. The number of alkyl halides is 1. The van der Waals surface area contributed by atoms with Crippen LogP contribution in [0.3, 0.4) is 0 Å². The molecule has 0 aliphatic heterocycles. The zero-order valence-corrected chi connectivity index (χ0v) is 11.7. The number of fused-ring (bicyclic) bond motifs is 1. The summed E-state index contributed by atoms with van der Waals surface area (Å²) in [6.45, 7) is 1.79. The van der Waals surface area contributed by atoms with Gasteiger partial charge in [0.25, 0.3) is 0 Å². The van der Waals surface area contributed by atoms with E-state index >= 15 is 0 Å². The van der Waals surface area contributed by atoms with Crippen LogP contribution in [-0.2, 0) is 16.1 Å². The lowest BCUT2D eigenvalue weighted by atomic mass is 10.3. The minimum absolute atomic E-state index is 0.0106. The highest BCUT2D eigenvalue weighted by atomic mass is 35.5. The van der Waals surface area contributed by atoms with Crippen LogP contribution < -0.4 is 0 Å². The zero-order valence-electron chi connectivity index (χ0n) is 11.0. The van der Waals surface area contributed by atoms with Gasteiger partial charge in [-0.05, 0) is 19.1 Å². The van der Waals surface area contributed by atoms with Crippen molar-refractivity contribution >= 4 is 28.6 Å². The molecule has 1 unspecified atom stereocenters. The SMILES string of the molecule is COC(=O)CCn1c(C(C)Cl)nc2ccc(F)c(F)c21. The van der Waals surface area contributed by atoms with Crippen LogP contribution in [0, 0.1) is 11.6 Å². The first kappa shape index (κ1) is 14.7. The number of halogens is 3. The highest BCUT2D eigenvalue weighted by molar-refractivity contribution is 6.20. The van der Waals surface area contributed by atoms with Crippen LogP contribution in [0.2, 0.25) is 0 Å². The van der Waals surface area contributed by atoms with E-state index in [2.05, 4.69) is 9.72 Å². The standard InChI is InChI=1S/C13H13ClF2N2O2/c1-7(14)13-17-9-4-3-8(15)11(16)12(9)18(13)6-5-10(19)20-2/h3-4,7H,5-6H2,1-2H3. The van der Waals surface area contributed by atoms with Gasteiger partial charge in [0.2, 0.25) is 0 Å². The fourth-order valence-electron chi connectivity index (χ4n) is 2.01. The van der Waals surface area contributed by atoms with Crippen LogP contribution in [0.15, 0.2) is 12.1 Å². The van der Waals surface area contributed by atoms with E-state index < -0.39 is 23.0 Å². The summed E-state index contributed by atoms with van der Waals surface area (Å²) in [6.07, 6.45) is 0.0223. The molecule has 2 rings (SSSR count). The van der Waals surface area contributed by atoms with Gasteiger partial charge in [-0.2, -0.15) is 0 Å². The van der Waals surface area contributed by atoms with Crippen LogP contribution in [0.4, 0.5) is 8.78 Å². The van der Waals surface area contributed by atoms with Crippen molar-refractivity contribution in [3.8, 4) is 0 Å². The summed E-state index contributed by atoms with van der Waals surface area (Å²) in [6, 6.07) is 2.39. The second-order valence-electron chi connectivity index (χ2n) is 4.29. The lowest BCUT2D eigenvalue weighted by Gasteiger charge is -2.10. The maximum Gasteiger partial charge on any atom is 0.307 e. The van der Waals surface area contributed by atoms with Gasteiger partial charge in [0, 0.05) is 6.54 Å². The average Bonchev–Trinajstić information content (AvgIpc) is 2.79. The molecule has 0 spiro atoms. The lowest BCUT2D eigenvalue weighted by molar-refractivity contribution is -0.140. The van der Waals surface area contributed by atoms with Gasteiger partial charge in [-0.3, -0.25) is 4.79 Å². The molecular weight excluding hydrogens is 290 g/mol. The highest BCUT2D eigenvalue weighted by Gasteiger charge is 2.20. The van der Waals surface area contributed by atoms with E-state index in [1.54, 1.807) is 6.92 Å². The number of benzene rings is 1. The van der Waals surface area contributed by atoms with Crippen LogP contribution in [0.25, 0.3) is 11.0 Å². The molecule has 0 amide bonds. The van der Waals surface area contributed by atoms with Crippen LogP contribution in [0.1, 0.15) is 24.5 Å². The second-order valence-corrected chi connectivity index (χ2v) is 4.95. The van der Waals surface area contributed by atoms with Crippen molar-refractivity contribution in [1.29, 1.82) is 0 Å². The normalized spacial score (nSPS) is 12.7. The van der Waals surface area contributed by atoms with E-state index in [9.17, 15) is 13.6 Å². The van der Waals surface area contributed by atoms with Gasteiger partial charge < -0.3 is 9.30 Å². The summed E-state index contributed by atoms with van der Waals surface area (Å²) in [5, 5.41) is -0.498. The van der Waals surface area contributed by atoms with Crippen molar-refractivity contribution in [3.05, 3.63) is 29.6 Å². The molecule has 2 aromatic rings. The quantitative estimate of drug-likeness (QED) is 0.643. The fourth-order valence-corrected chi connectivity index (χ4v) is 2.18. The molecule has 108 valence electrons. The Morgan fingerprint density at radius 2 is 2.20 bits per heavy atom. The number of imidazole rings is 1. The summed E-state index contributed by atoms with van der Waals surface area (Å²) >= 11 is 6.01. The Balaban J connectivity index is 2.55. The molecule has 0 saturated heterocycles. The number of ether oxygens (including phenoxy) is 1. The van der Waals surface area contributed by atoms with Gasteiger partial charge in [0.1, 0.15) is 11.3 Å². The van der Waals surface area contributed by atoms with Gasteiger partial charge >= 0.3 is 5.97 Å². The van der Waals surface area contributed by atoms with Crippen molar-refractivity contribution in [2.75, 3.05) is 7.11 Å². The third-order valence-electron chi connectivity index (χ3n) is 2.95. The third-order valence-corrected chi connectivity index (χ3v) is 3.15. The molecule has 1 aromatic carbocycles. The number of nitrogens with zero attached hydrogens (tertiary/aromatic N) is 2. The van der Waals surface area contributed by atoms with E-state index in [0.29, 0.717) is 11.3 Å². The average molecular weight is 303 g/mol. The molecule has 4 nitrogen and oxygen atoms in total. The molecule has 0 bridgehead atoms. The summed E-state index contributed by atoms with van der Waals surface area (Å²) in [7, 11) is 1.26. The van der Waals surface area contributed by atoms with Crippen molar-refractivity contribution in [3.63, 3.8) is 0 Å². The molecule has 0 aliphatic carbocycles. The molecule has 0 aliphatic rings. The molecule has 1 aromatic heterocycles. The lowest BCUT2D eigenvalue weighted by Crippen LogP contribution is -2.11. The first-order valence-electron chi connectivity index (χ1n) is 6.00. The zero-order chi connectivity index (χ0) is 14.9. The highest BCUT2D eigenvalue weighted by Crippen LogP contribution is 2.27. The maximum absolute atomic E-state index is 13.9. The fraction of sp³-hybridized carbons (Fsp3) is 0.385. The van der Waals surface area contributed by atoms with Crippen LogP contribution in [0.5, 0.6) is 0 Å². The van der Waals surface area contributed by atoms with Gasteiger partial charge in [0.15, 0.2) is 11.6 Å². The van der Waals surface area contributed by atoms with Crippen molar-refractivity contribution < 1.29 is 18.3 Å². The number of carbonyl (C=O) groups is 1. The van der Waals surface area contributed by atoms with E-state index in [0.717, 1.165) is 6.07 Å². The Labute approximate surface area is 119 Å². The number of hydrogen-bond donors (Lipinski definition) is 0. The van der Waals surface area contributed by atoms with E-state index in [4.69, 9.17) is 11.6 Å². The smallest absolute Gasteiger partial charge is 0.307 e. The van der Waals surface area contributed by atoms with Gasteiger partial charge in [-0.25, -0.2) is 13.8 Å². The van der Waals surface area contributed by atoms with Crippen LogP contribution in [-0.4, -0.2) is 22.6 Å². The Hall–Kier alpha value is -1.69. The van der Waals surface area contributed by atoms with E-state index in [1.807, 2.05) is 0 Å². The Morgan fingerprint density at radius 3 is 2.80 bits per heavy atom. The second kappa shape index (κ2) is 5.75. The topological polar surface area (TPSA) is 44.1 Å². The third kappa shape index (κ3) is 2.60. The van der Waals surface area contributed by atoms with Crippen molar-refractivity contribution in [2.24, 2.45) is 0 Å². The number of esters is 1. The Kier molecular flexibility index (Phi) is 4.23. The number of carbonyl (C=O) groups excluding carboxylic acids is 1. The summed E-state index contributed by atoms with van der Waals surface area (Å²) in [5.41, 5.74) is 0.313. The monoisotopic (exact) mass is 302 g/mol. The molecule has 7 heteroatoms. The minimum Gasteiger partial charge on any atom is -0.469 e. The molecule has 1 atom stereocenters. The van der Waals surface area contributed by atoms with Gasteiger partial charge in [-0.15, -0.1) is 11.6 Å². The first-order valence-corrected chi connectivity index (χ1v) is 6.44. The van der Waals surface area contributed by atoms with Crippen molar-refractivity contribution in [2.45, 2.75) is 25.3 Å². The molecule has 1 heterocycles. The predicted molar refractivity (Wildman–Crippen MR) is 70.6 cm³/mol. The molecule has 20 heavy (non-hydrogen) atoms.